The lowest BCUT2D eigenvalue weighted by atomic mass is 9.72. The molecule has 11 aromatic rings. The van der Waals surface area contributed by atoms with Crippen LogP contribution in [0.4, 0.5) is 34.1 Å². The minimum Gasteiger partial charge on any atom is -0.459 e. The minimum absolute atomic E-state index is 0.794. The van der Waals surface area contributed by atoms with Crippen molar-refractivity contribution in [3.05, 3.63) is 253 Å². The molecule has 2 aliphatic rings. The van der Waals surface area contributed by atoms with Crippen LogP contribution in [0, 0.1) is 0 Å². The smallest absolute Gasteiger partial charge is 0.135 e. The lowest BCUT2D eigenvalue weighted by Gasteiger charge is -2.35. The van der Waals surface area contributed by atoms with Crippen molar-refractivity contribution in [2.75, 3.05) is 9.80 Å². The first kappa shape index (κ1) is 34.7. The van der Waals surface area contributed by atoms with E-state index in [4.69, 9.17) is 4.42 Å². The minimum atomic E-state index is -0.794. The Morgan fingerprint density at radius 2 is 0.871 bits per heavy atom. The second-order valence-corrected chi connectivity index (χ2v) is 16.3. The first-order valence-corrected chi connectivity index (χ1v) is 21.4. The summed E-state index contributed by atoms with van der Waals surface area (Å²) in [7, 11) is 0. The van der Waals surface area contributed by atoms with Gasteiger partial charge in [-0.2, -0.15) is 0 Å². The molecule has 0 fully saturated rings. The number of hydrogen-bond acceptors (Lipinski definition) is 3. The summed E-state index contributed by atoms with van der Waals surface area (Å²) in [4.78, 5) is 4.92. The first-order chi connectivity index (χ1) is 30.8. The van der Waals surface area contributed by atoms with Crippen molar-refractivity contribution < 1.29 is 4.42 Å². The molecular formula is C59H38N2O. The van der Waals surface area contributed by atoms with Crippen LogP contribution in [0.1, 0.15) is 22.5 Å². The SMILES string of the molecule is c1ccc(N(c2ccccc2)c2cccc3c2C2(c4ccccc4-3)c3cccc(N(c4ccccc4)c4cc5ccccc5c5ccccc45)c3-c3c2oc2ccccc32)cc1. The number of hydrogen-bond donors (Lipinski definition) is 0. The summed E-state index contributed by atoms with van der Waals surface area (Å²) in [5.74, 6) is 0.956. The number of rotatable bonds is 6. The zero-order valence-electron chi connectivity index (χ0n) is 33.7. The Kier molecular flexibility index (Phi) is 7.52. The monoisotopic (exact) mass is 790 g/mol. The van der Waals surface area contributed by atoms with Crippen LogP contribution in [0.25, 0.3) is 54.8 Å². The molecule has 0 saturated carbocycles. The highest BCUT2D eigenvalue weighted by Crippen LogP contribution is 2.68. The highest BCUT2D eigenvalue weighted by atomic mass is 16.3. The Bertz CT molecular complexity index is 3500. The summed E-state index contributed by atoms with van der Waals surface area (Å²) >= 11 is 0. The van der Waals surface area contributed by atoms with E-state index in [1.807, 2.05) is 0 Å². The number of benzene rings is 10. The van der Waals surface area contributed by atoms with E-state index >= 15 is 0 Å². The molecule has 0 amide bonds. The molecule has 1 aromatic heterocycles. The van der Waals surface area contributed by atoms with Crippen LogP contribution in [0.2, 0.25) is 0 Å². The van der Waals surface area contributed by atoms with E-state index in [2.05, 4.69) is 240 Å². The lowest BCUT2D eigenvalue weighted by Crippen LogP contribution is -2.28. The van der Waals surface area contributed by atoms with Crippen LogP contribution in [0.3, 0.4) is 0 Å². The van der Waals surface area contributed by atoms with Crippen LogP contribution in [0.15, 0.2) is 235 Å². The Balaban J connectivity index is 1.19. The quantitative estimate of drug-likeness (QED) is 0.156. The molecule has 1 spiro atoms. The van der Waals surface area contributed by atoms with Gasteiger partial charge in [0.05, 0.1) is 17.1 Å². The molecule has 0 saturated heterocycles. The lowest BCUT2D eigenvalue weighted by molar-refractivity contribution is 0.507. The molecule has 13 rings (SSSR count). The van der Waals surface area contributed by atoms with Gasteiger partial charge >= 0.3 is 0 Å². The first-order valence-electron chi connectivity index (χ1n) is 21.4. The predicted molar refractivity (Wildman–Crippen MR) is 257 cm³/mol. The standard InChI is InChI=1S/C59H38N2O/c1-4-21-40(22-5-1)60(41-23-6-2-7-24-41)52-36-18-32-47-45-29-14-16-33-49(45)59(57(47)52)50-34-19-35-51(56(50)55-48-31-15-17-37-54(48)62-58(55)59)61(42-25-8-3-9-26-42)53-38-39-20-10-11-27-43(39)44-28-12-13-30-46(44)53/h1-38H. The molecule has 1 atom stereocenters. The van der Waals surface area contributed by atoms with E-state index in [9.17, 15) is 0 Å². The Morgan fingerprint density at radius 1 is 0.339 bits per heavy atom. The van der Waals surface area contributed by atoms with Crippen molar-refractivity contribution in [2.45, 2.75) is 5.41 Å². The molecule has 0 aliphatic heterocycles. The van der Waals surface area contributed by atoms with Gasteiger partial charge in [0, 0.05) is 44.5 Å². The highest BCUT2D eigenvalue weighted by molar-refractivity contribution is 6.16. The topological polar surface area (TPSA) is 19.6 Å². The Labute approximate surface area is 360 Å². The predicted octanol–water partition coefficient (Wildman–Crippen LogP) is 16.0. The normalized spacial score (nSPS) is 14.5. The van der Waals surface area contributed by atoms with Gasteiger partial charge in [0.25, 0.3) is 0 Å². The summed E-state index contributed by atoms with van der Waals surface area (Å²) in [6, 6.07) is 83.7. The van der Waals surface area contributed by atoms with Gasteiger partial charge in [0.2, 0.25) is 0 Å². The second-order valence-electron chi connectivity index (χ2n) is 16.3. The molecule has 290 valence electrons. The molecule has 0 radical (unpaired) electrons. The van der Waals surface area contributed by atoms with Gasteiger partial charge in [-0.1, -0.05) is 170 Å². The van der Waals surface area contributed by atoms with Gasteiger partial charge in [0.15, 0.2) is 0 Å². The summed E-state index contributed by atoms with van der Waals surface area (Å²) in [5.41, 5.74) is 15.1. The van der Waals surface area contributed by atoms with Crippen molar-refractivity contribution in [3.8, 4) is 22.3 Å². The van der Waals surface area contributed by atoms with E-state index in [0.717, 1.165) is 56.4 Å². The zero-order valence-corrected chi connectivity index (χ0v) is 33.7. The number of fused-ring (bicyclic) bond motifs is 15. The summed E-state index contributed by atoms with van der Waals surface area (Å²) in [6.07, 6.45) is 0. The van der Waals surface area contributed by atoms with E-state index in [1.54, 1.807) is 0 Å². The summed E-state index contributed by atoms with van der Waals surface area (Å²) in [6.45, 7) is 0. The van der Waals surface area contributed by atoms with Crippen molar-refractivity contribution >= 4 is 66.6 Å². The average Bonchev–Trinajstić information content (AvgIpc) is 3.97. The zero-order chi connectivity index (χ0) is 40.8. The molecule has 1 unspecified atom stereocenters. The van der Waals surface area contributed by atoms with E-state index in [1.165, 1.54) is 54.9 Å². The maximum absolute atomic E-state index is 7.43. The van der Waals surface area contributed by atoms with Crippen LogP contribution in [-0.4, -0.2) is 0 Å². The van der Waals surface area contributed by atoms with E-state index in [-0.39, 0.29) is 0 Å². The van der Waals surface area contributed by atoms with Crippen molar-refractivity contribution in [1.29, 1.82) is 0 Å². The molecular weight excluding hydrogens is 753 g/mol. The number of anilines is 6. The van der Waals surface area contributed by atoms with Crippen LogP contribution in [0.5, 0.6) is 0 Å². The maximum Gasteiger partial charge on any atom is 0.135 e. The van der Waals surface area contributed by atoms with Gasteiger partial charge in [0.1, 0.15) is 16.8 Å². The number of para-hydroxylation sites is 4. The fourth-order valence-corrected chi connectivity index (χ4v) is 10.8. The fourth-order valence-electron chi connectivity index (χ4n) is 10.8. The molecule has 3 nitrogen and oxygen atoms in total. The third-order valence-electron chi connectivity index (χ3n) is 13.2. The van der Waals surface area contributed by atoms with Gasteiger partial charge in [-0.3, -0.25) is 0 Å². The van der Waals surface area contributed by atoms with Gasteiger partial charge in [-0.05, 0) is 99.1 Å². The molecule has 0 N–H and O–H groups in total. The summed E-state index contributed by atoms with van der Waals surface area (Å²) in [5, 5.41) is 5.97. The molecule has 3 heteroatoms. The highest BCUT2D eigenvalue weighted by Gasteiger charge is 2.57. The molecule has 1 heterocycles. The Morgan fingerprint density at radius 3 is 1.61 bits per heavy atom. The molecule has 10 aromatic carbocycles. The fraction of sp³-hybridized carbons (Fsp3) is 0.0169. The van der Waals surface area contributed by atoms with Gasteiger partial charge in [-0.15, -0.1) is 0 Å². The molecule has 2 aliphatic carbocycles. The van der Waals surface area contributed by atoms with Crippen molar-refractivity contribution in [1.82, 2.24) is 0 Å². The second kappa shape index (κ2) is 13.4. The van der Waals surface area contributed by atoms with Crippen LogP contribution < -0.4 is 9.80 Å². The van der Waals surface area contributed by atoms with Crippen molar-refractivity contribution in [2.24, 2.45) is 0 Å². The third kappa shape index (κ3) is 4.76. The summed E-state index contributed by atoms with van der Waals surface area (Å²) < 4.78 is 7.43. The van der Waals surface area contributed by atoms with Crippen LogP contribution in [-0.2, 0) is 5.41 Å². The molecule has 0 bridgehead atoms. The Hall–Kier alpha value is -8.14. The van der Waals surface area contributed by atoms with E-state index in [0.29, 0.717) is 0 Å². The largest absolute Gasteiger partial charge is 0.459 e. The average molecular weight is 791 g/mol. The van der Waals surface area contributed by atoms with Gasteiger partial charge in [-0.25, -0.2) is 0 Å². The number of furan rings is 1. The number of nitrogens with zero attached hydrogens (tertiary/aromatic N) is 2. The van der Waals surface area contributed by atoms with Crippen molar-refractivity contribution in [3.63, 3.8) is 0 Å². The van der Waals surface area contributed by atoms with Crippen LogP contribution >= 0.6 is 0 Å². The molecule has 62 heavy (non-hydrogen) atoms. The maximum atomic E-state index is 7.43. The van der Waals surface area contributed by atoms with E-state index < -0.39 is 5.41 Å². The third-order valence-corrected chi connectivity index (χ3v) is 13.2. The van der Waals surface area contributed by atoms with Gasteiger partial charge < -0.3 is 14.2 Å².